The largest absolute Gasteiger partial charge is 0.385 e. The van der Waals surface area contributed by atoms with Gasteiger partial charge < -0.3 is 10.0 Å². The zero-order chi connectivity index (χ0) is 19.9. The van der Waals surface area contributed by atoms with Gasteiger partial charge in [0.25, 0.3) is 11.6 Å². The number of hydrogen-bond donors (Lipinski definition) is 1. The van der Waals surface area contributed by atoms with Crippen molar-refractivity contribution in [3.63, 3.8) is 0 Å². The highest BCUT2D eigenvalue weighted by molar-refractivity contribution is 7.11. The minimum atomic E-state index is -0.888. The van der Waals surface area contributed by atoms with Crippen LogP contribution in [0.1, 0.15) is 59.8 Å². The van der Waals surface area contributed by atoms with Crippen molar-refractivity contribution in [1.82, 2.24) is 9.88 Å². The molecule has 0 bridgehead atoms. The zero-order valence-electron chi connectivity index (χ0n) is 16.4. The quantitative estimate of drug-likeness (QED) is 0.780. The van der Waals surface area contributed by atoms with Gasteiger partial charge in [-0.1, -0.05) is 12.1 Å². The fraction of sp³-hybridized carbons (Fsp3) is 0.429. The van der Waals surface area contributed by atoms with Crippen molar-refractivity contribution in [3.05, 3.63) is 58.3 Å². The number of para-hydroxylation sites is 1. The molecule has 2 aliphatic rings. The highest BCUT2D eigenvalue weighted by Crippen LogP contribution is 2.36. The average Bonchev–Trinajstić information content (AvgIpc) is 3.11. The van der Waals surface area contributed by atoms with E-state index in [1.54, 1.807) is 42.3 Å². The van der Waals surface area contributed by atoms with Crippen molar-refractivity contribution in [2.24, 2.45) is 5.11 Å². The van der Waals surface area contributed by atoms with Gasteiger partial charge >= 0.3 is 0 Å². The van der Waals surface area contributed by atoms with E-state index in [1.165, 1.54) is 0 Å². The number of hydrogen-bond acceptors (Lipinski definition) is 5. The van der Waals surface area contributed by atoms with Crippen LogP contribution < -0.4 is 0 Å². The van der Waals surface area contributed by atoms with Crippen LogP contribution in [0.15, 0.2) is 48.0 Å². The van der Waals surface area contributed by atoms with Crippen LogP contribution in [0.5, 0.6) is 0 Å². The van der Waals surface area contributed by atoms with Gasteiger partial charge in [-0.3, -0.25) is 4.79 Å². The van der Waals surface area contributed by atoms with Crippen LogP contribution in [0.2, 0.25) is 0 Å². The third kappa shape index (κ3) is 3.52. The molecule has 1 fully saturated rings. The van der Waals surface area contributed by atoms with Crippen LogP contribution >= 0.6 is 11.3 Å². The van der Waals surface area contributed by atoms with Crippen LogP contribution in [-0.2, 0) is 5.60 Å². The summed E-state index contributed by atoms with van der Waals surface area (Å²) in [5.74, 6) is 0.226. The maximum atomic E-state index is 13.4. The summed E-state index contributed by atoms with van der Waals surface area (Å²) in [4.78, 5) is 20.8. The predicted molar refractivity (Wildman–Crippen MR) is 108 cm³/mol. The molecule has 6 nitrogen and oxygen atoms in total. The first-order valence-electron chi connectivity index (χ1n) is 9.60. The third-order valence-electron chi connectivity index (χ3n) is 5.40. The second kappa shape index (κ2) is 7.22. The van der Waals surface area contributed by atoms with E-state index in [1.807, 2.05) is 35.4 Å². The Morgan fingerprint density at radius 1 is 1.32 bits per heavy atom. The Hall–Kier alpha value is -2.38. The topological polar surface area (TPSA) is 68.8 Å². The van der Waals surface area contributed by atoms with Crippen molar-refractivity contribution >= 4 is 22.9 Å². The standard InChI is InChI=1S/C21H25N4O2S/c1-14-8-9-15(19-22-12-18(28-19)21(2,3)27)13-24(14)20(26)16-6-4-5-7-17(16)25-11-10-23-25/h4-7,10-12,14-15,27H,8-9,13H2,1-3H3/q+1. The summed E-state index contributed by atoms with van der Waals surface area (Å²) >= 11 is 1.55. The Morgan fingerprint density at radius 2 is 2.07 bits per heavy atom. The molecule has 2 aliphatic heterocycles. The molecule has 3 heterocycles. The molecular formula is C21H25N4O2S+. The number of likely N-dealkylation sites (tertiary alicyclic amines) is 1. The molecule has 7 heteroatoms. The molecule has 0 saturated carbocycles. The Labute approximate surface area is 168 Å². The van der Waals surface area contributed by atoms with E-state index in [0.29, 0.717) is 12.1 Å². The highest BCUT2D eigenvalue weighted by atomic mass is 32.1. The number of rotatable bonds is 4. The molecule has 2 unspecified atom stereocenters. The fourth-order valence-electron chi connectivity index (χ4n) is 3.64. The minimum absolute atomic E-state index is 0.0302. The van der Waals surface area contributed by atoms with Crippen LogP contribution in [0.25, 0.3) is 0 Å². The molecular weight excluding hydrogens is 372 g/mol. The molecule has 4 rings (SSSR count). The summed E-state index contributed by atoms with van der Waals surface area (Å²) in [7, 11) is 0. The molecule has 1 aromatic carbocycles. The molecule has 0 radical (unpaired) electrons. The lowest BCUT2D eigenvalue weighted by Gasteiger charge is -2.37. The van der Waals surface area contributed by atoms with Crippen molar-refractivity contribution in [3.8, 4) is 0 Å². The molecule has 2 aromatic rings. The number of benzene rings is 1. The number of carbonyl (C=O) groups is 1. The third-order valence-corrected chi connectivity index (χ3v) is 6.87. The van der Waals surface area contributed by atoms with Gasteiger partial charge in [-0.2, -0.15) is 0 Å². The molecule has 1 saturated heterocycles. The average molecular weight is 398 g/mol. The smallest absolute Gasteiger partial charge is 0.260 e. The molecule has 0 aliphatic carbocycles. The Morgan fingerprint density at radius 3 is 2.71 bits per heavy atom. The van der Waals surface area contributed by atoms with E-state index in [4.69, 9.17) is 0 Å². The summed E-state index contributed by atoms with van der Waals surface area (Å²) in [6.07, 6.45) is 7.25. The molecule has 146 valence electrons. The number of carbonyl (C=O) groups excluding carboxylic acids is 1. The van der Waals surface area contributed by atoms with E-state index >= 15 is 0 Å². The lowest BCUT2D eigenvalue weighted by atomic mass is 9.93. The summed E-state index contributed by atoms with van der Waals surface area (Å²) in [6, 6.07) is 7.77. The van der Waals surface area contributed by atoms with Crippen molar-refractivity contribution in [1.29, 1.82) is 0 Å². The van der Waals surface area contributed by atoms with Gasteiger partial charge in [0, 0.05) is 35.9 Å². The van der Waals surface area contributed by atoms with Crippen molar-refractivity contribution in [2.75, 3.05) is 6.54 Å². The van der Waals surface area contributed by atoms with E-state index < -0.39 is 5.60 Å². The lowest BCUT2D eigenvalue weighted by molar-refractivity contribution is -0.456. The zero-order valence-corrected chi connectivity index (χ0v) is 17.2. The number of piperidine rings is 1. The first-order valence-corrected chi connectivity index (χ1v) is 10.4. The monoisotopic (exact) mass is 397 g/mol. The number of thiazole rings is 1. The summed E-state index contributed by atoms with van der Waals surface area (Å²) < 4.78 is 1.73. The van der Waals surface area contributed by atoms with Gasteiger partial charge in [0.1, 0.15) is 5.56 Å². The first kappa shape index (κ1) is 19.0. The van der Waals surface area contributed by atoms with E-state index in [-0.39, 0.29) is 17.9 Å². The second-order valence-electron chi connectivity index (χ2n) is 7.98. The number of aromatic nitrogens is 1. The molecule has 1 amide bonds. The molecule has 28 heavy (non-hydrogen) atoms. The summed E-state index contributed by atoms with van der Waals surface area (Å²) in [5.41, 5.74) is 0.586. The van der Waals surface area contributed by atoms with Crippen molar-refractivity contribution < 1.29 is 14.6 Å². The number of amides is 1. The fourth-order valence-corrected chi connectivity index (χ4v) is 4.68. The lowest BCUT2D eigenvalue weighted by Crippen LogP contribution is -2.45. The minimum Gasteiger partial charge on any atom is -0.385 e. The second-order valence-corrected chi connectivity index (χ2v) is 9.04. The first-order chi connectivity index (χ1) is 13.3. The Bertz CT molecular complexity index is 957. The van der Waals surface area contributed by atoms with Crippen LogP contribution in [0.3, 0.4) is 0 Å². The molecule has 1 N–H and O–H groups in total. The molecule has 1 aromatic heterocycles. The van der Waals surface area contributed by atoms with Crippen LogP contribution in [0, 0.1) is 0 Å². The summed E-state index contributed by atoms with van der Waals surface area (Å²) in [6.45, 7) is 6.29. The SMILES string of the molecule is CC1CCC(c2ncc(C(C)(C)O)s2)CN1C(=O)c1ccccc1[N+]1=NC=C1. The predicted octanol–water partition coefficient (Wildman–Crippen LogP) is 4.36. The number of aliphatic hydroxyl groups is 1. The van der Waals surface area contributed by atoms with E-state index in [9.17, 15) is 9.90 Å². The Balaban J connectivity index is 1.58. The van der Waals surface area contributed by atoms with Crippen molar-refractivity contribution in [2.45, 2.75) is 51.2 Å². The van der Waals surface area contributed by atoms with Gasteiger partial charge in [-0.05, 0) is 44.4 Å². The molecule has 2 atom stereocenters. The Kier molecular flexibility index (Phi) is 4.89. The van der Waals surface area contributed by atoms with Gasteiger partial charge in [-0.15, -0.1) is 11.3 Å². The van der Waals surface area contributed by atoms with Crippen LogP contribution in [0.4, 0.5) is 5.69 Å². The number of nitrogens with zero attached hydrogens (tertiary/aromatic N) is 4. The summed E-state index contributed by atoms with van der Waals surface area (Å²) in [5, 5.41) is 15.4. The maximum Gasteiger partial charge on any atom is 0.260 e. The highest BCUT2D eigenvalue weighted by Gasteiger charge is 2.35. The van der Waals surface area contributed by atoms with Gasteiger partial charge in [0.2, 0.25) is 6.20 Å². The molecule has 0 spiro atoms. The van der Waals surface area contributed by atoms with Gasteiger partial charge in [0.05, 0.1) is 15.5 Å². The van der Waals surface area contributed by atoms with E-state index in [0.717, 1.165) is 28.4 Å². The normalized spacial score (nSPS) is 22.0. The number of azo groups is 2. The van der Waals surface area contributed by atoms with Gasteiger partial charge in [-0.25, -0.2) is 4.98 Å². The van der Waals surface area contributed by atoms with E-state index in [2.05, 4.69) is 17.0 Å². The van der Waals surface area contributed by atoms with Crippen LogP contribution in [-0.4, -0.2) is 38.2 Å². The maximum absolute atomic E-state index is 13.4. The van der Waals surface area contributed by atoms with Gasteiger partial charge in [0.15, 0.2) is 6.20 Å².